The van der Waals surface area contributed by atoms with Crippen LogP contribution < -0.4 is 15.4 Å². The number of hydrogen-bond donors (Lipinski definition) is 2. The van der Waals surface area contributed by atoms with Gasteiger partial charge >= 0.3 is 0 Å². The molecule has 1 aliphatic rings. The highest BCUT2D eigenvalue weighted by Crippen LogP contribution is 2.36. The predicted molar refractivity (Wildman–Crippen MR) is 101 cm³/mol. The molecule has 25 heavy (non-hydrogen) atoms. The van der Waals surface area contributed by atoms with Crippen LogP contribution in [0.4, 0.5) is 0 Å². The number of nitrogens with zero attached hydrogens (tertiary/aromatic N) is 1. The van der Waals surface area contributed by atoms with Crippen molar-refractivity contribution in [2.24, 2.45) is 4.99 Å². The molecular formula is C19H31N3O3. The second-order valence-electron chi connectivity index (χ2n) is 6.24. The van der Waals surface area contributed by atoms with Crippen LogP contribution in [0.3, 0.4) is 0 Å². The maximum absolute atomic E-state index is 5.60. The van der Waals surface area contributed by atoms with Gasteiger partial charge in [-0.3, -0.25) is 4.99 Å². The van der Waals surface area contributed by atoms with E-state index in [2.05, 4.69) is 29.7 Å². The van der Waals surface area contributed by atoms with E-state index in [0.29, 0.717) is 6.61 Å². The van der Waals surface area contributed by atoms with Gasteiger partial charge in [0.2, 0.25) is 0 Å². The molecule has 0 bridgehead atoms. The molecule has 6 heteroatoms. The number of guanidine groups is 1. The highest BCUT2D eigenvalue weighted by molar-refractivity contribution is 5.79. The van der Waals surface area contributed by atoms with Crippen molar-refractivity contribution in [2.45, 2.75) is 25.2 Å². The minimum atomic E-state index is 0.00806. The molecule has 0 amide bonds. The molecule has 0 spiro atoms. The van der Waals surface area contributed by atoms with Gasteiger partial charge in [0.25, 0.3) is 0 Å². The van der Waals surface area contributed by atoms with Gasteiger partial charge < -0.3 is 24.8 Å². The third kappa shape index (κ3) is 5.61. The van der Waals surface area contributed by atoms with Crippen LogP contribution in [0.2, 0.25) is 0 Å². The molecule has 1 saturated heterocycles. The van der Waals surface area contributed by atoms with Crippen molar-refractivity contribution in [1.29, 1.82) is 0 Å². The predicted octanol–water partition coefficient (Wildman–Crippen LogP) is 1.94. The Kier molecular flexibility index (Phi) is 8.01. The minimum absolute atomic E-state index is 0.00806. The van der Waals surface area contributed by atoms with Crippen molar-refractivity contribution in [2.75, 3.05) is 53.7 Å². The summed E-state index contributed by atoms with van der Waals surface area (Å²) in [4.78, 5) is 4.85. The fraction of sp³-hybridized carbons (Fsp3) is 0.632. The first-order chi connectivity index (χ1) is 12.2. The lowest BCUT2D eigenvalue weighted by molar-refractivity contribution is 0.0531. The molecule has 1 aliphatic heterocycles. The number of ether oxygens (including phenoxy) is 3. The van der Waals surface area contributed by atoms with Crippen molar-refractivity contribution in [3.63, 3.8) is 0 Å². The Morgan fingerprint density at radius 1 is 1.16 bits per heavy atom. The zero-order valence-corrected chi connectivity index (χ0v) is 15.6. The second kappa shape index (κ2) is 10.3. The lowest BCUT2D eigenvalue weighted by atomic mass is 9.74. The topological polar surface area (TPSA) is 64.1 Å². The Hall–Kier alpha value is -1.79. The number of hydrogen-bond acceptors (Lipinski definition) is 4. The molecule has 2 N–H and O–H groups in total. The Morgan fingerprint density at radius 2 is 1.88 bits per heavy atom. The first kappa shape index (κ1) is 19.5. The highest BCUT2D eigenvalue weighted by atomic mass is 16.5. The van der Waals surface area contributed by atoms with Crippen LogP contribution in [-0.4, -0.2) is 59.6 Å². The molecule has 2 rings (SSSR count). The third-order valence-corrected chi connectivity index (χ3v) is 4.63. The Bertz CT molecular complexity index is 525. The first-order valence-corrected chi connectivity index (χ1v) is 8.97. The lowest BCUT2D eigenvalue weighted by Gasteiger charge is -2.36. The average Bonchev–Trinajstić information content (AvgIpc) is 2.67. The summed E-state index contributed by atoms with van der Waals surface area (Å²) in [6.07, 6.45) is 1.95. The summed E-state index contributed by atoms with van der Waals surface area (Å²) in [6, 6.07) is 8.37. The fourth-order valence-corrected chi connectivity index (χ4v) is 3.09. The largest absolute Gasteiger partial charge is 0.497 e. The summed E-state index contributed by atoms with van der Waals surface area (Å²) < 4.78 is 16.0. The summed E-state index contributed by atoms with van der Waals surface area (Å²) in [5.74, 6) is 1.71. The van der Waals surface area contributed by atoms with Crippen molar-refractivity contribution >= 4 is 5.96 Å². The van der Waals surface area contributed by atoms with E-state index in [1.165, 1.54) is 5.56 Å². The normalized spacial score (nSPS) is 17.2. The molecule has 0 radical (unpaired) electrons. The molecule has 0 saturated carbocycles. The van der Waals surface area contributed by atoms with Crippen LogP contribution in [0.1, 0.15) is 25.3 Å². The van der Waals surface area contributed by atoms with E-state index in [1.54, 1.807) is 14.2 Å². The van der Waals surface area contributed by atoms with E-state index in [0.717, 1.165) is 57.4 Å². The van der Waals surface area contributed by atoms with E-state index in [-0.39, 0.29) is 5.41 Å². The maximum Gasteiger partial charge on any atom is 0.191 e. The summed E-state index contributed by atoms with van der Waals surface area (Å²) in [5, 5.41) is 6.61. The molecule has 1 aromatic rings. The average molecular weight is 349 g/mol. The summed E-state index contributed by atoms with van der Waals surface area (Å²) in [6.45, 7) is 6.57. The van der Waals surface area contributed by atoms with Crippen molar-refractivity contribution < 1.29 is 14.2 Å². The van der Waals surface area contributed by atoms with Gasteiger partial charge in [-0.25, -0.2) is 0 Å². The molecule has 1 fully saturated rings. The first-order valence-electron chi connectivity index (χ1n) is 8.97. The molecule has 1 aromatic carbocycles. The van der Waals surface area contributed by atoms with Crippen LogP contribution in [-0.2, 0) is 14.9 Å². The van der Waals surface area contributed by atoms with Gasteiger partial charge in [-0.1, -0.05) is 12.1 Å². The van der Waals surface area contributed by atoms with Crippen LogP contribution >= 0.6 is 0 Å². The number of nitrogens with one attached hydrogen (secondary N) is 2. The molecule has 6 nitrogen and oxygen atoms in total. The molecule has 140 valence electrons. The van der Waals surface area contributed by atoms with Gasteiger partial charge in [0.05, 0.1) is 20.3 Å². The standard InChI is InChI=1S/C19H31N3O3/c1-4-20-18(21-11-14-23-2)22-15-19(9-12-25-13-10-19)16-5-7-17(24-3)8-6-16/h5-8H,4,9-15H2,1-3H3,(H2,20,21,22). The molecular weight excluding hydrogens is 318 g/mol. The van der Waals surface area contributed by atoms with Gasteiger partial charge in [-0.15, -0.1) is 0 Å². The smallest absolute Gasteiger partial charge is 0.191 e. The van der Waals surface area contributed by atoms with Crippen molar-refractivity contribution in [3.8, 4) is 5.75 Å². The number of aliphatic imine (C=N–C) groups is 1. The summed E-state index contributed by atoms with van der Waals surface area (Å²) in [7, 11) is 3.39. The van der Waals surface area contributed by atoms with E-state index in [1.807, 2.05) is 12.1 Å². The van der Waals surface area contributed by atoms with Gasteiger partial charge in [0.1, 0.15) is 5.75 Å². The molecule has 1 heterocycles. The van der Waals surface area contributed by atoms with Gasteiger partial charge in [-0.05, 0) is 37.5 Å². The van der Waals surface area contributed by atoms with E-state index < -0.39 is 0 Å². The molecule has 0 aromatic heterocycles. The maximum atomic E-state index is 5.60. The van der Waals surface area contributed by atoms with Crippen LogP contribution in [0.15, 0.2) is 29.3 Å². The van der Waals surface area contributed by atoms with Crippen LogP contribution in [0.5, 0.6) is 5.75 Å². The highest BCUT2D eigenvalue weighted by Gasteiger charge is 2.34. The fourth-order valence-electron chi connectivity index (χ4n) is 3.09. The Balaban J connectivity index is 2.15. The minimum Gasteiger partial charge on any atom is -0.497 e. The molecule has 0 atom stereocenters. The second-order valence-corrected chi connectivity index (χ2v) is 6.24. The van der Waals surface area contributed by atoms with E-state index in [9.17, 15) is 0 Å². The monoisotopic (exact) mass is 349 g/mol. The molecule has 0 aliphatic carbocycles. The van der Waals surface area contributed by atoms with Gasteiger partial charge in [0.15, 0.2) is 5.96 Å². The zero-order valence-electron chi connectivity index (χ0n) is 15.6. The van der Waals surface area contributed by atoms with Crippen LogP contribution in [0, 0.1) is 0 Å². The Morgan fingerprint density at radius 3 is 2.48 bits per heavy atom. The number of methoxy groups -OCH3 is 2. The quantitative estimate of drug-likeness (QED) is 0.427. The van der Waals surface area contributed by atoms with E-state index >= 15 is 0 Å². The van der Waals surface area contributed by atoms with Gasteiger partial charge in [-0.2, -0.15) is 0 Å². The molecule has 0 unspecified atom stereocenters. The third-order valence-electron chi connectivity index (χ3n) is 4.63. The van der Waals surface area contributed by atoms with Gasteiger partial charge in [0, 0.05) is 38.8 Å². The summed E-state index contributed by atoms with van der Waals surface area (Å²) in [5.41, 5.74) is 1.31. The Labute approximate surface area is 151 Å². The van der Waals surface area contributed by atoms with Crippen LogP contribution in [0.25, 0.3) is 0 Å². The number of rotatable bonds is 8. The van der Waals surface area contributed by atoms with Crippen molar-refractivity contribution in [3.05, 3.63) is 29.8 Å². The zero-order chi connectivity index (χ0) is 18.0. The number of benzene rings is 1. The summed E-state index contributed by atoms with van der Waals surface area (Å²) >= 11 is 0. The SMILES string of the molecule is CCNC(=NCC1(c2ccc(OC)cc2)CCOCC1)NCCOC. The van der Waals surface area contributed by atoms with E-state index in [4.69, 9.17) is 19.2 Å². The lowest BCUT2D eigenvalue weighted by Crippen LogP contribution is -2.42. The van der Waals surface area contributed by atoms with Crippen molar-refractivity contribution in [1.82, 2.24) is 10.6 Å².